The molecule has 0 bridgehead atoms. The molecule has 2 fully saturated rings. The maximum absolute atomic E-state index is 13.5. The van der Waals surface area contributed by atoms with Crippen molar-refractivity contribution < 1.29 is 23.8 Å². The number of carbonyl (C=O) groups excluding carboxylic acids is 1. The molecule has 2 unspecified atom stereocenters. The van der Waals surface area contributed by atoms with Gasteiger partial charge in [0.05, 0.1) is 19.8 Å². The first-order valence-corrected chi connectivity index (χ1v) is 9.56. The van der Waals surface area contributed by atoms with E-state index in [0.717, 1.165) is 43.5 Å². The number of benzene rings is 2. The number of ketones is 1. The number of nitrogens with zero attached hydrogens (tertiary/aromatic N) is 1. The zero-order valence-corrected chi connectivity index (χ0v) is 15.8. The topological polar surface area (TPSA) is 59.0 Å². The first-order valence-electron chi connectivity index (χ1n) is 9.56. The van der Waals surface area contributed by atoms with E-state index in [1.807, 2.05) is 24.3 Å². The molecule has 0 amide bonds. The predicted octanol–water partition coefficient (Wildman–Crippen LogP) is 3.51. The monoisotopic (exact) mass is 385 g/mol. The van der Waals surface area contributed by atoms with Crippen molar-refractivity contribution in [2.45, 2.75) is 18.9 Å². The maximum atomic E-state index is 13.5. The normalized spacial score (nSPS) is 24.1. The Balaban J connectivity index is 1.28. The van der Waals surface area contributed by atoms with Crippen LogP contribution in [0.25, 0.3) is 0 Å². The highest BCUT2D eigenvalue weighted by atomic mass is 19.1. The van der Waals surface area contributed by atoms with Gasteiger partial charge < -0.3 is 14.6 Å². The second kappa shape index (κ2) is 7.80. The molecular formula is C22H24FNO4. The van der Waals surface area contributed by atoms with Gasteiger partial charge in [-0.3, -0.25) is 9.69 Å². The van der Waals surface area contributed by atoms with E-state index in [1.54, 1.807) is 7.11 Å². The fraction of sp³-hybridized carbons (Fsp3) is 0.409. The fourth-order valence-electron chi connectivity index (χ4n) is 4.39. The summed E-state index contributed by atoms with van der Waals surface area (Å²) in [6, 6.07) is 11.4. The Bertz CT molecular complexity index is 840. The molecule has 148 valence electrons. The summed E-state index contributed by atoms with van der Waals surface area (Å²) in [7, 11) is 1.64. The molecule has 0 spiro atoms. The number of Topliss-reactive ketones (excluding diaryl/α,β-unsaturated/α-hetero) is 1. The lowest BCUT2D eigenvalue weighted by Crippen LogP contribution is -2.30. The van der Waals surface area contributed by atoms with E-state index in [9.17, 15) is 14.3 Å². The van der Waals surface area contributed by atoms with Gasteiger partial charge in [0.25, 0.3) is 0 Å². The quantitative estimate of drug-likeness (QED) is 0.771. The Morgan fingerprint density at radius 1 is 1.11 bits per heavy atom. The van der Waals surface area contributed by atoms with E-state index in [4.69, 9.17) is 9.47 Å². The molecular weight excluding hydrogens is 361 g/mol. The molecule has 1 N–H and O–H groups in total. The molecule has 0 radical (unpaired) electrons. The minimum Gasteiger partial charge on any atom is -0.505 e. The fourth-order valence-corrected chi connectivity index (χ4v) is 4.39. The summed E-state index contributed by atoms with van der Waals surface area (Å²) in [5.74, 6) is 1.39. The van der Waals surface area contributed by atoms with Gasteiger partial charge in [-0.25, -0.2) is 4.39 Å². The van der Waals surface area contributed by atoms with Crippen LogP contribution < -0.4 is 9.47 Å². The van der Waals surface area contributed by atoms with Crippen molar-refractivity contribution in [1.29, 1.82) is 0 Å². The number of ether oxygens (including phenoxy) is 2. The number of halogens is 1. The molecule has 4 rings (SSSR count). The lowest BCUT2D eigenvalue weighted by Gasteiger charge is -2.19. The summed E-state index contributed by atoms with van der Waals surface area (Å²) in [5, 5.41) is 9.26. The molecule has 2 aromatic rings. The second-order valence-corrected chi connectivity index (χ2v) is 7.69. The van der Waals surface area contributed by atoms with E-state index in [-0.39, 0.29) is 18.4 Å². The number of phenols is 1. The summed E-state index contributed by atoms with van der Waals surface area (Å²) in [4.78, 5) is 14.6. The molecule has 1 aliphatic heterocycles. The predicted molar refractivity (Wildman–Crippen MR) is 102 cm³/mol. The molecule has 2 aliphatic rings. The van der Waals surface area contributed by atoms with Gasteiger partial charge in [-0.2, -0.15) is 0 Å². The number of hydrogen-bond donors (Lipinski definition) is 1. The van der Waals surface area contributed by atoms with Gasteiger partial charge in [0.1, 0.15) is 11.5 Å². The second-order valence-electron chi connectivity index (χ2n) is 7.69. The van der Waals surface area contributed by atoms with Crippen LogP contribution >= 0.6 is 0 Å². The molecule has 1 aliphatic carbocycles. The first kappa shape index (κ1) is 18.7. The zero-order chi connectivity index (χ0) is 19.7. The summed E-state index contributed by atoms with van der Waals surface area (Å²) < 4.78 is 24.7. The number of likely N-dealkylation sites (tertiary alicyclic amines) is 1. The molecule has 0 aromatic heterocycles. The van der Waals surface area contributed by atoms with Crippen molar-refractivity contribution in [1.82, 2.24) is 4.90 Å². The molecule has 6 heteroatoms. The Hall–Kier alpha value is -2.60. The van der Waals surface area contributed by atoms with Crippen LogP contribution in [-0.4, -0.2) is 48.6 Å². The standard InChI is InChI=1S/C22H24FNO4/c1-27-17-3-5-18(6-4-17)28-19-8-15-11-24(12-16(15)9-19)13-22(26)14-2-7-21(25)20(23)10-14/h2-7,10,15-16,19,25H,8-9,11-13H2,1H3/t15-,16?,19?/m1/s1. The third kappa shape index (κ3) is 3.97. The van der Waals surface area contributed by atoms with Crippen molar-refractivity contribution in [2.24, 2.45) is 11.8 Å². The Morgan fingerprint density at radius 3 is 2.36 bits per heavy atom. The van der Waals surface area contributed by atoms with Gasteiger partial charge in [0.2, 0.25) is 0 Å². The van der Waals surface area contributed by atoms with Gasteiger partial charge in [0, 0.05) is 18.7 Å². The molecule has 1 saturated heterocycles. The summed E-state index contributed by atoms with van der Waals surface area (Å²) in [5.41, 5.74) is 0.299. The lowest BCUT2D eigenvalue weighted by atomic mass is 10.0. The number of hydrogen-bond acceptors (Lipinski definition) is 5. The van der Waals surface area contributed by atoms with Gasteiger partial charge in [-0.15, -0.1) is 0 Å². The Morgan fingerprint density at radius 2 is 1.75 bits per heavy atom. The average Bonchev–Trinajstić information content (AvgIpc) is 3.22. The van der Waals surface area contributed by atoms with Crippen molar-refractivity contribution in [3.63, 3.8) is 0 Å². The summed E-state index contributed by atoms with van der Waals surface area (Å²) >= 11 is 0. The van der Waals surface area contributed by atoms with E-state index in [1.165, 1.54) is 12.1 Å². The van der Waals surface area contributed by atoms with Crippen molar-refractivity contribution in [2.75, 3.05) is 26.7 Å². The zero-order valence-electron chi connectivity index (χ0n) is 15.8. The van der Waals surface area contributed by atoms with Crippen molar-refractivity contribution in [3.05, 3.63) is 53.8 Å². The van der Waals surface area contributed by atoms with Gasteiger partial charge in [0.15, 0.2) is 17.3 Å². The highest BCUT2D eigenvalue weighted by molar-refractivity contribution is 5.97. The number of phenolic OH excluding ortho intramolecular Hbond substituents is 1. The molecule has 1 saturated carbocycles. The number of fused-ring (bicyclic) bond motifs is 1. The van der Waals surface area contributed by atoms with Gasteiger partial charge >= 0.3 is 0 Å². The van der Waals surface area contributed by atoms with Gasteiger partial charge in [-0.05, 0) is 67.1 Å². The van der Waals surface area contributed by atoms with E-state index >= 15 is 0 Å². The van der Waals surface area contributed by atoms with Crippen LogP contribution in [0.1, 0.15) is 23.2 Å². The number of aromatic hydroxyl groups is 1. The molecule has 3 atom stereocenters. The van der Waals surface area contributed by atoms with Crippen molar-refractivity contribution in [3.8, 4) is 17.2 Å². The average molecular weight is 385 g/mol. The number of carbonyl (C=O) groups is 1. The molecule has 1 heterocycles. The van der Waals surface area contributed by atoms with Crippen LogP contribution in [-0.2, 0) is 0 Å². The Labute approximate surface area is 163 Å². The minimum atomic E-state index is -0.761. The van der Waals surface area contributed by atoms with Crippen LogP contribution in [0.3, 0.4) is 0 Å². The van der Waals surface area contributed by atoms with E-state index in [2.05, 4.69) is 4.90 Å². The number of rotatable bonds is 6. The Kier molecular flexibility index (Phi) is 5.22. The SMILES string of the molecule is COc1ccc(OC2CC3CN(CC(=O)c4ccc(O)c(F)c4)C[C@H]3C2)cc1. The van der Waals surface area contributed by atoms with Crippen LogP contribution in [0.2, 0.25) is 0 Å². The molecule has 5 nitrogen and oxygen atoms in total. The van der Waals surface area contributed by atoms with Crippen LogP contribution in [0.4, 0.5) is 4.39 Å². The lowest BCUT2D eigenvalue weighted by molar-refractivity contribution is 0.0936. The van der Waals surface area contributed by atoms with E-state index < -0.39 is 11.6 Å². The largest absolute Gasteiger partial charge is 0.505 e. The molecule has 2 aromatic carbocycles. The highest BCUT2D eigenvalue weighted by Gasteiger charge is 2.42. The summed E-state index contributed by atoms with van der Waals surface area (Å²) in [6.45, 7) is 2.00. The summed E-state index contributed by atoms with van der Waals surface area (Å²) in [6.07, 6.45) is 2.16. The molecule has 28 heavy (non-hydrogen) atoms. The maximum Gasteiger partial charge on any atom is 0.176 e. The first-order chi connectivity index (χ1) is 13.5. The highest BCUT2D eigenvalue weighted by Crippen LogP contribution is 2.40. The van der Waals surface area contributed by atoms with E-state index in [0.29, 0.717) is 17.4 Å². The number of methoxy groups -OCH3 is 1. The van der Waals surface area contributed by atoms with Crippen LogP contribution in [0.5, 0.6) is 17.2 Å². The van der Waals surface area contributed by atoms with Crippen LogP contribution in [0, 0.1) is 17.7 Å². The minimum absolute atomic E-state index is 0.120. The smallest absolute Gasteiger partial charge is 0.176 e. The third-order valence-corrected chi connectivity index (χ3v) is 5.78. The van der Waals surface area contributed by atoms with Crippen molar-refractivity contribution >= 4 is 5.78 Å². The van der Waals surface area contributed by atoms with Crippen LogP contribution in [0.15, 0.2) is 42.5 Å². The third-order valence-electron chi connectivity index (χ3n) is 5.78. The van der Waals surface area contributed by atoms with Gasteiger partial charge in [-0.1, -0.05) is 0 Å².